The number of hydrogen-bond acceptors (Lipinski definition) is 3. The van der Waals surface area contributed by atoms with Gasteiger partial charge in [-0.2, -0.15) is 0 Å². The van der Waals surface area contributed by atoms with Crippen LogP contribution >= 0.6 is 0 Å². The first-order valence-electron chi connectivity index (χ1n) is 7.75. The van der Waals surface area contributed by atoms with Crippen LogP contribution < -0.4 is 14.8 Å². The third-order valence-electron chi connectivity index (χ3n) is 2.92. The zero-order valence-corrected chi connectivity index (χ0v) is 14.0. The Labute approximate surface area is 129 Å². The molecule has 3 nitrogen and oxygen atoms in total. The van der Waals surface area contributed by atoms with E-state index in [0.717, 1.165) is 24.6 Å². The Hall–Kier alpha value is -1.48. The van der Waals surface area contributed by atoms with Crippen LogP contribution in [0.25, 0.3) is 0 Å². The molecule has 1 aromatic rings. The van der Waals surface area contributed by atoms with Gasteiger partial charge in [-0.3, -0.25) is 0 Å². The minimum absolute atomic E-state index is 0.577. The predicted octanol–water partition coefficient (Wildman–Crippen LogP) is 4.18. The van der Waals surface area contributed by atoms with Gasteiger partial charge >= 0.3 is 0 Å². The molecule has 0 amide bonds. The van der Waals surface area contributed by atoms with Crippen LogP contribution in [0.15, 0.2) is 29.8 Å². The predicted molar refractivity (Wildman–Crippen MR) is 89.1 cm³/mol. The number of rotatable bonds is 9. The van der Waals surface area contributed by atoms with Gasteiger partial charge in [0.1, 0.15) is 6.61 Å². The minimum Gasteiger partial charge on any atom is -0.490 e. The molecule has 0 aliphatic rings. The molecule has 0 fully saturated rings. The Morgan fingerprint density at radius 2 is 1.95 bits per heavy atom. The monoisotopic (exact) mass is 291 g/mol. The molecule has 0 unspecified atom stereocenters. The van der Waals surface area contributed by atoms with E-state index >= 15 is 0 Å². The van der Waals surface area contributed by atoms with E-state index in [4.69, 9.17) is 9.47 Å². The van der Waals surface area contributed by atoms with Crippen LogP contribution in [0.3, 0.4) is 0 Å². The van der Waals surface area contributed by atoms with E-state index in [-0.39, 0.29) is 0 Å². The van der Waals surface area contributed by atoms with Crippen LogP contribution in [-0.2, 0) is 6.54 Å². The number of ether oxygens (including phenoxy) is 2. The van der Waals surface area contributed by atoms with E-state index in [0.29, 0.717) is 19.1 Å². The molecule has 1 aromatic carbocycles. The SMILES string of the molecule is CCOc1cc(CNCC(C)C)ccc1OCC=C(C)C. The Kier molecular flexibility index (Phi) is 7.91. The highest BCUT2D eigenvalue weighted by atomic mass is 16.5. The van der Waals surface area contributed by atoms with E-state index in [1.165, 1.54) is 11.1 Å². The number of hydrogen-bond donors (Lipinski definition) is 1. The second-order valence-electron chi connectivity index (χ2n) is 5.83. The first-order chi connectivity index (χ1) is 10.0. The maximum absolute atomic E-state index is 5.78. The summed E-state index contributed by atoms with van der Waals surface area (Å²) >= 11 is 0. The van der Waals surface area contributed by atoms with Crippen molar-refractivity contribution in [1.82, 2.24) is 5.32 Å². The van der Waals surface area contributed by atoms with Crippen molar-refractivity contribution in [2.75, 3.05) is 19.8 Å². The Balaban J connectivity index is 2.69. The maximum atomic E-state index is 5.78. The minimum atomic E-state index is 0.577. The molecule has 1 N–H and O–H groups in total. The number of allylic oxidation sites excluding steroid dienone is 1. The molecule has 0 atom stereocenters. The molecule has 0 saturated carbocycles. The molecule has 1 rings (SSSR count). The van der Waals surface area contributed by atoms with Gasteiger partial charge in [0.15, 0.2) is 11.5 Å². The number of nitrogens with one attached hydrogen (secondary N) is 1. The highest BCUT2D eigenvalue weighted by molar-refractivity contribution is 5.43. The molecule has 0 bridgehead atoms. The van der Waals surface area contributed by atoms with Crippen LogP contribution in [0, 0.1) is 5.92 Å². The smallest absolute Gasteiger partial charge is 0.161 e. The lowest BCUT2D eigenvalue weighted by molar-refractivity contribution is 0.296. The highest BCUT2D eigenvalue weighted by Crippen LogP contribution is 2.28. The van der Waals surface area contributed by atoms with Crippen molar-refractivity contribution in [2.24, 2.45) is 5.92 Å². The van der Waals surface area contributed by atoms with Crippen molar-refractivity contribution in [2.45, 2.75) is 41.2 Å². The Morgan fingerprint density at radius 1 is 1.19 bits per heavy atom. The topological polar surface area (TPSA) is 30.5 Å². The molecule has 0 heterocycles. The van der Waals surface area contributed by atoms with Crippen molar-refractivity contribution in [3.8, 4) is 11.5 Å². The lowest BCUT2D eigenvalue weighted by Gasteiger charge is -2.13. The molecule has 0 radical (unpaired) electrons. The first-order valence-corrected chi connectivity index (χ1v) is 7.75. The van der Waals surface area contributed by atoms with E-state index < -0.39 is 0 Å². The standard InChI is InChI=1S/C18H29NO2/c1-6-20-18-11-16(13-19-12-15(4)5)7-8-17(18)21-10-9-14(2)3/h7-9,11,15,19H,6,10,12-13H2,1-5H3. The zero-order chi connectivity index (χ0) is 15.7. The van der Waals surface area contributed by atoms with Crippen molar-refractivity contribution in [1.29, 1.82) is 0 Å². The fourth-order valence-corrected chi connectivity index (χ4v) is 1.85. The maximum Gasteiger partial charge on any atom is 0.161 e. The fraction of sp³-hybridized carbons (Fsp3) is 0.556. The average molecular weight is 291 g/mol. The van der Waals surface area contributed by atoms with Crippen LogP contribution in [-0.4, -0.2) is 19.8 Å². The molecule has 21 heavy (non-hydrogen) atoms. The van der Waals surface area contributed by atoms with Crippen LogP contribution in [0.1, 0.15) is 40.2 Å². The van der Waals surface area contributed by atoms with Gasteiger partial charge in [-0.25, -0.2) is 0 Å². The van der Waals surface area contributed by atoms with Crippen molar-refractivity contribution >= 4 is 0 Å². The normalized spacial score (nSPS) is 10.6. The van der Waals surface area contributed by atoms with Crippen molar-refractivity contribution < 1.29 is 9.47 Å². The van der Waals surface area contributed by atoms with Gasteiger partial charge in [-0.15, -0.1) is 0 Å². The van der Waals surface area contributed by atoms with Gasteiger partial charge < -0.3 is 14.8 Å². The molecular formula is C18H29NO2. The summed E-state index contributed by atoms with van der Waals surface area (Å²) in [7, 11) is 0. The van der Waals surface area contributed by atoms with Gasteiger partial charge in [0.25, 0.3) is 0 Å². The molecule has 0 saturated heterocycles. The summed E-state index contributed by atoms with van der Waals surface area (Å²) in [6, 6.07) is 6.15. The van der Waals surface area contributed by atoms with E-state index in [1.807, 2.05) is 13.0 Å². The largest absolute Gasteiger partial charge is 0.490 e. The molecule has 0 spiro atoms. The van der Waals surface area contributed by atoms with Gasteiger partial charge in [0.2, 0.25) is 0 Å². The zero-order valence-electron chi connectivity index (χ0n) is 14.0. The van der Waals surface area contributed by atoms with Gasteiger partial charge in [0, 0.05) is 6.54 Å². The molecule has 3 heteroatoms. The van der Waals surface area contributed by atoms with Gasteiger partial charge in [-0.05, 0) is 57.0 Å². The summed E-state index contributed by atoms with van der Waals surface area (Å²) in [5.41, 5.74) is 2.47. The summed E-state index contributed by atoms with van der Waals surface area (Å²) in [6.45, 7) is 13.6. The summed E-state index contributed by atoms with van der Waals surface area (Å²) in [6.07, 6.45) is 2.06. The second kappa shape index (κ2) is 9.46. The van der Waals surface area contributed by atoms with E-state index in [9.17, 15) is 0 Å². The highest BCUT2D eigenvalue weighted by Gasteiger charge is 2.06. The Morgan fingerprint density at radius 3 is 2.57 bits per heavy atom. The Bertz CT molecular complexity index is 449. The molecule has 118 valence electrons. The average Bonchev–Trinajstić information content (AvgIpc) is 2.40. The molecular weight excluding hydrogens is 262 g/mol. The summed E-state index contributed by atoms with van der Waals surface area (Å²) < 4.78 is 11.5. The fourth-order valence-electron chi connectivity index (χ4n) is 1.85. The molecule has 0 aromatic heterocycles. The number of benzene rings is 1. The second-order valence-corrected chi connectivity index (χ2v) is 5.83. The molecule has 0 aliphatic carbocycles. The lowest BCUT2D eigenvalue weighted by Crippen LogP contribution is -2.19. The van der Waals surface area contributed by atoms with Gasteiger partial charge in [-0.1, -0.05) is 25.5 Å². The van der Waals surface area contributed by atoms with E-state index in [1.54, 1.807) is 0 Å². The third kappa shape index (κ3) is 7.19. The quantitative estimate of drug-likeness (QED) is 0.692. The van der Waals surface area contributed by atoms with Crippen LogP contribution in [0.2, 0.25) is 0 Å². The van der Waals surface area contributed by atoms with Crippen LogP contribution in [0.4, 0.5) is 0 Å². The van der Waals surface area contributed by atoms with Crippen molar-refractivity contribution in [3.05, 3.63) is 35.4 Å². The first kappa shape index (κ1) is 17.6. The van der Waals surface area contributed by atoms with Crippen molar-refractivity contribution in [3.63, 3.8) is 0 Å². The summed E-state index contributed by atoms with van der Waals surface area (Å²) in [5.74, 6) is 2.29. The summed E-state index contributed by atoms with van der Waals surface area (Å²) in [5, 5.41) is 3.44. The van der Waals surface area contributed by atoms with E-state index in [2.05, 4.69) is 51.2 Å². The lowest BCUT2D eigenvalue weighted by atomic mass is 10.2. The van der Waals surface area contributed by atoms with Crippen LogP contribution in [0.5, 0.6) is 11.5 Å². The summed E-state index contributed by atoms with van der Waals surface area (Å²) in [4.78, 5) is 0. The molecule has 0 aliphatic heterocycles. The third-order valence-corrected chi connectivity index (χ3v) is 2.92. The van der Waals surface area contributed by atoms with Gasteiger partial charge in [0.05, 0.1) is 6.61 Å².